The van der Waals surface area contributed by atoms with E-state index in [0.717, 1.165) is 31.5 Å². The second kappa shape index (κ2) is 10.8. The molecule has 1 aliphatic rings. The molecule has 0 aliphatic carbocycles. The molecule has 1 aromatic carbocycles. The summed E-state index contributed by atoms with van der Waals surface area (Å²) in [4.78, 5) is 24.8. The summed E-state index contributed by atoms with van der Waals surface area (Å²) in [7, 11) is 3.95. The zero-order valence-electron chi connectivity index (χ0n) is 17.5. The molecule has 0 spiro atoms. The number of rotatable bonds is 6. The number of amides is 2. The van der Waals surface area contributed by atoms with Gasteiger partial charge in [-0.3, -0.25) is 9.98 Å². The molecule has 1 atom stereocenters. The molecule has 29 heavy (non-hydrogen) atoms. The third-order valence-corrected chi connectivity index (χ3v) is 6.16. The molecule has 1 fully saturated rings. The summed E-state index contributed by atoms with van der Waals surface area (Å²) >= 11 is 13.0. The van der Waals surface area contributed by atoms with Crippen LogP contribution in [0.4, 0.5) is 4.79 Å². The summed E-state index contributed by atoms with van der Waals surface area (Å²) in [6.07, 6.45) is 5.17. The van der Waals surface area contributed by atoms with E-state index in [1.807, 2.05) is 33.0 Å². The second-order valence-corrected chi connectivity index (χ2v) is 7.98. The standard InChI is InChI=1S/C21H29Cl2N5O/c1-6-25-13-18(24-3)17-8-7-16(19(22)20(17)23)14(2)26-21(29)28(5)15-9-11-27(4)12-10-15/h6-8,13-15H,3,9-12H2,1-2,4-5H3,(H,26,29)/b18-13-,25-6-/t14-/m1/s1. The van der Waals surface area contributed by atoms with Gasteiger partial charge in [-0.25, -0.2) is 4.79 Å². The van der Waals surface area contributed by atoms with Crippen molar-refractivity contribution in [1.82, 2.24) is 15.1 Å². The quantitative estimate of drug-likeness (QED) is 0.644. The molecule has 2 rings (SSSR count). The van der Waals surface area contributed by atoms with E-state index in [1.165, 1.54) is 0 Å². The van der Waals surface area contributed by atoms with Crippen LogP contribution in [0.1, 0.15) is 43.9 Å². The molecule has 1 heterocycles. The highest BCUT2D eigenvalue weighted by Crippen LogP contribution is 2.36. The van der Waals surface area contributed by atoms with E-state index in [-0.39, 0.29) is 18.1 Å². The fourth-order valence-electron chi connectivity index (χ4n) is 3.35. The highest BCUT2D eigenvalue weighted by atomic mass is 35.5. The van der Waals surface area contributed by atoms with Crippen LogP contribution in [0.5, 0.6) is 0 Å². The van der Waals surface area contributed by atoms with Crippen LogP contribution in [0.2, 0.25) is 10.0 Å². The summed E-state index contributed by atoms with van der Waals surface area (Å²) in [5.41, 5.74) is 1.91. The lowest BCUT2D eigenvalue weighted by Gasteiger charge is -2.35. The van der Waals surface area contributed by atoms with Crippen LogP contribution in [0.15, 0.2) is 28.3 Å². The molecule has 158 valence electrons. The number of carbonyl (C=O) groups is 1. The lowest BCUT2D eigenvalue weighted by molar-refractivity contribution is 0.146. The van der Waals surface area contributed by atoms with Crippen molar-refractivity contribution in [2.45, 2.75) is 38.8 Å². The van der Waals surface area contributed by atoms with Gasteiger partial charge in [0.25, 0.3) is 0 Å². The van der Waals surface area contributed by atoms with E-state index < -0.39 is 0 Å². The molecular weight excluding hydrogens is 409 g/mol. The first-order valence-electron chi connectivity index (χ1n) is 9.64. The number of nitrogens with one attached hydrogen (secondary N) is 1. The minimum atomic E-state index is -0.298. The molecular formula is C21H29Cl2N5O. The summed E-state index contributed by atoms with van der Waals surface area (Å²) in [5.74, 6) is 0. The number of piperidine rings is 1. The Balaban J connectivity index is 2.14. The van der Waals surface area contributed by atoms with Crippen molar-refractivity contribution >= 4 is 47.9 Å². The van der Waals surface area contributed by atoms with Gasteiger partial charge >= 0.3 is 6.03 Å². The molecule has 1 saturated heterocycles. The Kier molecular flexibility index (Phi) is 8.68. The molecule has 2 amide bonds. The van der Waals surface area contributed by atoms with Gasteiger partial charge in [-0.2, -0.15) is 0 Å². The molecule has 1 aromatic rings. The zero-order chi connectivity index (χ0) is 21.6. The summed E-state index contributed by atoms with van der Waals surface area (Å²) in [5, 5.41) is 3.77. The number of carbonyl (C=O) groups excluding carboxylic acids is 1. The number of benzene rings is 1. The number of halogens is 2. The van der Waals surface area contributed by atoms with E-state index in [4.69, 9.17) is 23.2 Å². The van der Waals surface area contributed by atoms with Gasteiger partial charge < -0.3 is 15.1 Å². The van der Waals surface area contributed by atoms with Crippen molar-refractivity contribution in [2.75, 3.05) is 27.2 Å². The van der Waals surface area contributed by atoms with E-state index in [0.29, 0.717) is 21.3 Å². The smallest absolute Gasteiger partial charge is 0.317 e. The normalized spacial score (nSPS) is 17.4. The van der Waals surface area contributed by atoms with Gasteiger partial charge in [0.2, 0.25) is 0 Å². The van der Waals surface area contributed by atoms with Gasteiger partial charge in [0.1, 0.15) is 0 Å². The van der Waals surface area contributed by atoms with Crippen LogP contribution in [-0.2, 0) is 0 Å². The number of aliphatic imine (C=N–C) groups is 2. The van der Waals surface area contributed by atoms with E-state index >= 15 is 0 Å². The minimum Gasteiger partial charge on any atom is -0.331 e. The van der Waals surface area contributed by atoms with Gasteiger partial charge in [0.15, 0.2) is 0 Å². The van der Waals surface area contributed by atoms with Crippen molar-refractivity contribution in [3.63, 3.8) is 0 Å². The Bertz CT molecular complexity index is 801. The monoisotopic (exact) mass is 437 g/mol. The molecule has 8 heteroatoms. The fourth-order valence-corrected chi connectivity index (χ4v) is 3.95. The molecule has 0 radical (unpaired) electrons. The van der Waals surface area contributed by atoms with Gasteiger partial charge in [-0.1, -0.05) is 35.3 Å². The van der Waals surface area contributed by atoms with Crippen LogP contribution in [0.3, 0.4) is 0 Å². The average Bonchev–Trinajstić information content (AvgIpc) is 2.71. The predicted octanol–water partition coefficient (Wildman–Crippen LogP) is 4.88. The third kappa shape index (κ3) is 5.81. The number of hydrogen-bond acceptors (Lipinski definition) is 4. The fraction of sp³-hybridized carbons (Fsp3) is 0.476. The van der Waals surface area contributed by atoms with Crippen molar-refractivity contribution in [1.29, 1.82) is 0 Å². The van der Waals surface area contributed by atoms with Crippen molar-refractivity contribution < 1.29 is 4.79 Å². The maximum Gasteiger partial charge on any atom is 0.317 e. The average molecular weight is 438 g/mol. The lowest BCUT2D eigenvalue weighted by atomic mass is 10.0. The Morgan fingerprint density at radius 2 is 2.00 bits per heavy atom. The second-order valence-electron chi connectivity index (χ2n) is 7.23. The van der Waals surface area contributed by atoms with Crippen LogP contribution in [0, 0.1) is 0 Å². The zero-order valence-corrected chi connectivity index (χ0v) is 19.0. The van der Waals surface area contributed by atoms with Gasteiger partial charge in [-0.15, -0.1) is 0 Å². The van der Waals surface area contributed by atoms with Crippen molar-refractivity contribution in [2.24, 2.45) is 9.98 Å². The van der Waals surface area contributed by atoms with Gasteiger partial charge in [0, 0.05) is 24.9 Å². The van der Waals surface area contributed by atoms with Crippen LogP contribution < -0.4 is 5.32 Å². The number of nitrogens with zero attached hydrogens (tertiary/aromatic N) is 4. The first-order valence-corrected chi connectivity index (χ1v) is 10.4. The minimum absolute atomic E-state index is 0.117. The largest absolute Gasteiger partial charge is 0.331 e. The van der Waals surface area contributed by atoms with Crippen LogP contribution >= 0.6 is 23.2 Å². The van der Waals surface area contributed by atoms with Crippen molar-refractivity contribution in [3.8, 4) is 0 Å². The van der Waals surface area contributed by atoms with E-state index in [2.05, 4.69) is 34.0 Å². The molecule has 6 nitrogen and oxygen atoms in total. The van der Waals surface area contributed by atoms with Gasteiger partial charge in [-0.05, 0) is 59.1 Å². The maximum atomic E-state index is 12.7. The summed E-state index contributed by atoms with van der Waals surface area (Å²) < 4.78 is 0. The topological polar surface area (TPSA) is 60.3 Å². The molecule has 1 N–H and O–H groups in total. The molecule has 0 aromatic heterocycles. The van der Waals surface area contributed by atoms with E-state index in [1.54, 1.807) is 17.3 Å². The van der Waals surface area contributed by atoms with Gasteiger partial charge in [0.05, 0.1) is 28.0 Å². The Labute approximate surface area is 183 Å². The van der Waals surface area contributed by atoms with Crippen LogP contribution in [-0.4, -0.2) is 62.0 Å². The number of urea groups is 1. The van der Waals surface area contributed by atoms with Crippen LogP contribution in [0.25, 0.3) is 5.70 Å². The Morgan fingerprint density at radius 1 is 1.34 bits per heavy atom. The predicted molar refractivity (Wildman–Crippen MR) is 123 cm³/mol. The number of hydrogen-bond donors (Lipinski definition) is 1. The third-order valence-electron chi connectivity index (χ3n) is 5.27. The Hall–Kier alpha value is -1.89. The molecule has 0 unspecified atom stereocenters. The Morgan fingerprint density at radius 3 is 2.59 bits per heavy atom. The summed E-state index contributed by atoms with van der Waals surface area (Å²) in [6.45, 7) is 9.26. The van der Waals surface area contributed by atoms with E-state index in [9.17, 15) is 4.79 Å². The SMILES string of the molecule is C=N/C(=C\N=C/C)c1ccc([C@@H](C)NC(=O)N(C)C2CCN(C)CC2)c(Cl)c1Cl. The maximum absolute atomic E-state index is 12.7. The highest BCUT2D eigenvalue weighted by molar-refractivity contribution is 6.43. The first kappa shape index (κ1) is 23.4. The lowest BCUT2D eigenvalue weighted by Crippen LogP contribution is -2.48. The molecule has 1 aliphatic heterocycles. The first-order chi connectivity index (χ1) is 13.8. The number of likely N-dealkylation sites (tertiary alicyclic amines) is 1. The molecule has 0 bridgehead atoms. The van der Waals surface area contributed by atoms with Crippen molar-refractivity contribution in [3.05, 3.63) is 39.5 Å². The summed E-state index contributed by atoms with van der Waals surface area (Å²) in [6, 6.07) is 3.49. The highest BCUT2D eigenvalue weighted by Gasteiger charge is 2.25. The molecule has 0 saturated carbocycles.